The highest BCUT2D eigenvalue weighted by Crippen LogP contribution is 2.15. The zero-order chi connectivity index (χ0) is 16.3. The summed E-state index contributed by atoms with van der Waals surface area (Å²) < 4.78 is 10.2. The van der Waals surface area contributed by atoms with Gasteiger partial charge in [0.25, 0.3) is 0 Å². The second-order valence-electron chi connectivity index (χ2n) is 5.34. The molecule has 22 heavy (non-hydrogen) atoms. The molecule has 0 aliphatic heterocycles. The van der Waals surface area contributed by atoms with Gasteiger partial charge in [0.15, 0.2) is 6.10 Å². The molecule has 1 heterocycles. The molecule has 0 aliphatic carbocycles. The smallest absolute Gasteiger partial charge is 0.311 e. The molecule has 0 fully saturated rings. The number of carbonyl (C=O) groups excluding carboxylic acids is 2. The fourth-order valence-electron chi connectivity index (χ4n) is 2.14. The number of carbonyl (C=O) groups is 2. The molecule has 5 heteroatoms. The number of nitrogens with zero attached hydrogens (tertiary/aromatic N) is 1. The van der Waals surface area contributed by atoms with Crippen LogP contribution in [0.15, 0.2) is 28.8 Å². The second-order valence-corrected chi connectivity index (χ2v) is 5.34. The molecule has 0 bridgehead atoms. The Hall–Kier alpha value is -2.43. The summed E-state index contributed by atoms with van der Waals surface area (Å²) in [5, 5.41) is 3.79. The minimum Gasteiger partial charge on any atom is -0.454 e. The molecule has 1 atom stereocenters. The van der Waals surface area contributed by atoms with Crippen molar-refractivity contribution < 1.29 is 18.8 Å². The highest BCUT2D eigenvalue weighted by atomic mass is 16.5. The predicted molar refractivity (Wildman–Crippen MR) is 80.7 cm³/mol. The summed E-state index contributed by atoms with van der Waals surface area (Å²) in [5.41, 5.74) is 2.97. The van der Waals surface area contributed by atoms with Gasteiger partial charge in [-0.25, -0.2) is 0 Å². The summed E-state index contributed by atoms with van der Waals surface area (Å²) in [7, 11) is 0. The van der Waals surface area contributed by atoms with Gasteiger partial charge in [-0.1, -0.05) is 35.0 Å². The van der Waals surface area contributed by atoms with Crippen molar-refractivity contribution in [3.63, 3.8) is 0 Å². The van der Waals surface area contributed by atoms with E-state index in [2.05, 4.69) is 5.16 Å². The van der Waals surface area contributed by atoms with Crippen molar-refractivity contribution >= 4 is 11.8 Å². The van der Waals surface area contributed by atoms with E-state index in [1.165, 1.54) is 0 Å². The standard InChI is InChI=1S/C17H19NO4/c1-10-5-7-14(8-6-10)17(20)13(4)21-16(19)9-15-11(2)18-22-12(15)3/h5-8,13H,9H2,1-4H3/t13-/m0/s1. The van der Waals surface area contributed by atoms with Crippen LogP contribution in [0.5, 0.6) is 0 Å². The van der Waals surface area contributed by atoms with E-state index >= 15 is 0 Å². The third-order valence-corrected chi connectivity index (χ3v) is 3.52. The Morgan fingerprint density at radius 3 is 2.36 bits per heavy atom. The SMILES string of the molecule is Cc1ccc(C(=O)[C@H](C)OC(=O)Cc2c(C)noc2C)cc1. The molecule has 5 nitrogen and oxygen atoms in total. The Balaban J connectivity index is 1.99. The molecular formula is C17H19NO4. The maximum atomic E-state index is 12.2. The number of esters is 1. The van der Waals surface area contributed by atoms with Crippen LogP contribution in [0.3, 0.4) is 0 Å². The van der Waals surface area contributed by atoms with Crippen molar-refractivity contribution in [2.24, 2.45) is 0 Å². The lowest BCUT2D eigenvalue weighted by Crippen LogP contribution is -2.25. The highest BCUT2D eigenvalue weighted by molar-refractivity contribution is 6.00. The fourth-order valence-corrected chi connectivity index (χ4v) is 2.14. The number of ketones is 1. The molecule has 116 valence electrons. The van der Waals surface area contributed by atoms with Crippen LogP contribution in [0.4, 0.5) is 0 Å². The van der Waals surface area contributed by atoms with Crippen LogP contribution < -0.4 is 0 Å². The lowest BCUT2D eigenvalue weighted by molar-refractivity contribution is -0.145. The summed E-state index contributed by atoms with van der Waals surface area (Å²) in [5.74, 6) is -0.0959. The number of hydrogen-bond acceptors (Lipinski definition) is 5. The topological polar surface area (TPSA) is 69.4 Å². The molecule has 0 spiro atoms. The summed E-state index contributed by atoms with van der Waals surface area (Å²) in [6.45, 7) is 7.03. The molecule has 0 radical (unpaired) electrons. The molecule has 0 unspecified atom stereocenters. The summed E-state index contributed by atoms with van der Waals surface area (Å²) in [6.07, 6.45) is -0.775. The van der Waals surface area contributed by atoms with Gasteiger partial charge in [-0.2, -0.15) is 0 Å². The zero-order valence-electron chi connectivity index (χ0n) is 13.2. The Morgan fingerprint density at radius 2 is 1.82 bits per heavy atom. The maximum Gasteiger partial charge on any atom is 0.311 e. The number of hydrogen-bond donors (Lipinski definition) is 0. The van der Waals surface area contributed by atoms with Crippen molar-refractivity contribution in [1.29, 1.82) is 0 Å². The van der Waals surface area contributed by atoms with Gasteiger partial charge in [0.2, 0.25) is 5.78 Å². The molecule has 0 aliphatic rings. The van der Waals surface area contributed by atoms with Crippen LogP contribution in [0.1, 0.15) is 39.9 Å². The number of aromatic nitrogens is 1. The molecule has 0 amide bonds. The van der Waals surface area contributed by atoms with Crippen molar-refractivity contribution in [3.05, 3.63) is 52.4 Å². The van der Waals surface area contributed by atoms with Crippen LogP contribution >= 0.6 is 0 Å². The summed E-state index contributed by atoms with van der Waals surface area (Å²) in [4.78, 5) is 24.2. The van der Waals surface area contributed by atoms with E-state index in [0.717, 1.165) is 5.56 Å². The van der Waals surface area contributed by atoms with Crippen molar-refractivity contribution in [1.82, 2.24) is 5.16 Å². The average molecular weight is 301 g/mol. The first-order valence-corrected chi connectivity index (χ1v) is 7.10. The summed E-state index contributed by atoms with van der Waals surface area (Å²) >= 11 is 0. The van der Waals surface area contributed by atoms with Crippen LogP contribution in [0.25, 0.3) is 0 Å². The number of benzene rings is 1. The number of ether oxygens (including phenoxy) is 1. The number of aryl methyl sites for hydroxylation is 3. The van der Waals surface area contributed by atoms with Gasteiger partial charge in [-0.05, 0) is 27.7 Å². The van der Waals surface area contributed by atoms with Gasteiger partial charge >= 0.3 is 5.97 Å². The van der Waals surface area contributed by atoms with Gasteiger partial charge in [0.1, 0.15) is 5.76 Å². The maximum absolute atomic E-state index is 12.2. The Bertz CT molecular complexity index is 666. The zero-order valence-corrected chi connectivity index (χ0v) is 13.2. The van der Waals surface area contributed by atoms with Gasteiger partial charge in [0.05, 0.1) is 12.1 Å². The first kappa shape index (κ1) is 15.9. The number of Topliss-reactive ketones (excluding diaryl/α,β-unsaturated/α-hetero) is 1. The van der Waals surface area contributed by atoms with E-state index in [1.807, 2.05) is 19.1 Å². The third kappa shape index (κ3) is 3.61. The minimum atomic E-state index is -0.823. The van der Waals surface area contributed by atoms with E-state index in [4.69, 9.17) is 9.26 Å². The lowest BCUT2D eigenvalue weighted by Gasteiger charge is -2.12. The first-order valence-electron chi connectivity index (χ1n) is 7.10. The van der Waals surface area contributed by atoms with Crippen LogP contribution in [0.2, 0.25) is 0 Å². The molecule has 2 rings (SSSR count). The quantitative estimate of drug-likeness (QED) is 0.627. The Labute approximate surface area is 129 Å². The Morgan fingerprint density at radius 1 is 1.18 bits per heavy atom. The van der Waals surface area contributed by atoms with Crippen LogP contribution in [0, 0.1) is 20.8 Å². The van der Waals surface area contributed by atoms with E-state index in [9.17, 15) is 9.59 Å². The average Bonchev–Trinajstić information content (AvgIpc) is 2.79. The van der Waals surface area contributed by atoms with E-state index < -0.39 is 12.1 Å². The van der Waals surface area contributed by atoms with Crippen molar-refractivity contribution in [2.75, 3.05) is 0 Å². The second kappa shape index (κ2) is 6.56. The largest absolute Gasteiger partial charge is 0.454 e. The summed E-state index contributed by atoms with van der Waals surface area (Å²) in [6, 6.07) is 7.17. The molecule has 1 aromatic heterocycles. The molecule has 2 aromatic rings. The lowest BCUT2D eigenvalue weighted by atomic mass is 10.1. The molecule has 1 aromatic carbocycles. The third-order valence-electron chi connectivity index (χ3n) is 3.52. The molecular weight excluding hydrogens is 282 g/mol. The Kier molecular flexibility index (Phi) is 4.75. The van der Waals surface area contributed by atoms with E-state index in [1.54, 1.807) is 32.9 Å². The van der Waals surface area contributed by atoms with E-state index in [-0.39, 0.29) is 12.2 Å². The molecule has 0 saturated heterocycles. The van der Waals surface area contributed by atoms with Gasteiger partial charge < -0.3 is 9.26 Å². The van der Waals surface area contributed by atoms with Crippen LogP contribution in [-0.2, 0) is 16.0 Å². The van der Waals surface area contributed by atoms with Gasteiger partial charge in [-0.15, -0.1) is 0 Å². The van der Waals surface area contributed by atoms with E-state index in [0.29, 0.717) is 22.6 Å². The molecule has 0 saturated carbocycles. The predicted octanol–water partition coefficient (Wildman–Crippen LogP) is 2.96. The first-order chi connectivity index (χ1) is 10.4. The minimum absolute atomic E-state index is 0.0483. The monoisotopic (exact) mass is 301 g/mol. The van der Waals surface area contributed by atoms with Crippen molar-refractivity contribution in [3.8, 4) is 0 Å². The highest BCUT2D eigenvalue weighted by Gasteiger charge is 2.21. The van der Waals surface area contributed by atoms with Gasteiger partial charge in [-0.3, -0.25) is 9.59 Å². The number of rotatable bonds is 5. The fraction of sp³-hybridized carbons (Fsp3) is 0.353. The molecule has 0 N–H and O–H groups in total. The van der Waals surface area contributed by atoms with Crippen LogP contribution in [-0.4, -0.2) is 23.0 Å². The van der Waals surface area contributed by atoms with Crippen molar-refractivity contribution in [2.45, 2.75) is 40.2 Å². The normalized spacial score (nSPS) is 12.0. The van der Waals surface area contributed by atoms with Gasteiger partial charge in [0, 0.05) is 11.1 Å².